The maximum absolute atomic E-state index is 12.9. The van der Waals surface area contributed by atoms with Gasteiger partial charge in [-0.25, -0.2) is 0 Å². The van der Waals surface area contributed by atoms with E-state index in [1.54, 1.807) is 12.1 Å². The van der Waals surface area contributed by atoms with Crippen molar-refractivity contribution in [3.63, 3.8) is 0 Å². The lowest BCUT2D eigenvalue weighted by atomic mass is 9.79. The Morgan fingerprint density at radius 3 is 2.06 bits per heavy atom. The molecular formula is C14H19F2N. The van der Waals surface area contributed by atoms with E-state index in [0.29, 0.717) is 5.92 Å². The summed E-state index contributed by atoms with van der Waals surface area (Å²) < 4.78 is 25.7. The zero-order valence-electron chi connectivity index (χ0n) is 10.1. The quantitative estimate of drug-likeness (QED) is 0.776. The first-order valence-electron chi connectivity index (χ1n) is 6.24. The normalized spacial score (nSPS) is 25.9. The molecule has 1 nitrogen and oxygen atoms in total. The molecule has 0 spiro atoms. The van der Waals surface area contributed by atoms with Crippen molar-refractivity contribution in [2.24, 2.45) is 11.7 Å². The highest BCUT2D eigenvalue weighted by Crippen LogP contribution is 2.36. The summed E-state index contributed by atoms with van der Waals surface area (Å²) in [5.74, 6) is 1.34. The SMILES string of the molecule is CC1CCC(c2ccc(C(N)(F)F)cc2)CC1. The molecule has 0 saturated heterocycles. The fourth-order valence-corrected chi connectivity index (χ4v) is 2.57. The Kier molecular flexibility index (Phi) is 3.48. The average molecular weight is 239 g/mol. The number of benzene rings is 1. The molecule has 2 rings (SSSR count). The van der Waals surface area contributed by atoms with Gasteiger partial charge in [0.25, 0.3) is 0 Å². The standard InChI is InChI=1S/C14H19F2N/c1-10-2-4-11(5-3-10)12-6-8-13(9-7-12)14(15,16)17/h6-11H,2-5,17H2,1H3. The highest BCUT2D eigenvalue weighted by Gasteiger charge is 2.25. The molecule has 1 aromatic rings. The van der Waals surface area contributed by atoms with E-state index < -0.39 is 6.05 Å². The lowest BCUT2D eigenvalue weighted by Gasteiger charge is -2.26. The van der Waals surface area contributed by atoms with Gasteiger partial charge in [0.1, 0.15) is 0 Å². The van der Waals surface area contributed by atoms with Crippen molar-refractivity contribution in [3.8, 4) is 0 Å². The van der Waals surface area contributed by atoms with E-state index in [2.05, 4.69) is 6.92 Å². The molecule has 1 aromatic carbocycles. The summed E-state index contributed by atoms with van der Waals surface area (Å²) >= 11 is 0. The average Bonchev–Trinajstić information content (AvgIpc) is 2.29. The van der Waals surface area contributed by atoms with Crippen molar-refractivity contribution in [1.29, 1.82) is 0 Å². The molecule has 0 aromatic heterocycles. The van der Waals surface area contributed by atoms with Crippen LogP contribution in [0.2, 0.25) is 0 Å². The first kappa shape index (κ1) is 12.5. The zero-order valence-corrected chi connectivity index (χ0v) is 10.1. The molecule has 0 unspecified atom stereocenters. The Labute approximate surface area is 101 Å². The highest BCUT2D eigenvalue weighted by molar-refractivity contribution is 5.27. The summed E-state index contributed by atoms with van der Waals surface area (Å²) in [4.78, 5) is 0. The van der Waals surface area contributed by atoms with E-state index in [9.17, 15) is 8.78 Å². The largest absolute Gasteiger partial charge is 0.326 e. The van der Waals surface area contributed by atoms with Crippen LogP contribution in [-0.2, 0) is 6.05 Å². The van der Waals surface area contributed by atoms with E-state index in [1.165, 1.54) is 43.4 Å². The van der Waals surface area contributed by atoms with Crippen LogP contribution in [0.4, 0.5) is 8.78 Å². The van der Waals surface area contributed by atoms with Crippen molar-refractivity contribution >= 4 is 0 Å². The summed E-state index contributed by atoms with van der Waals surface area (Å²) in [5.41, 5.74) is 5.84. The number of rotatable bonds is 2. The molecule has 2 N–H and O–H groups in total. The molecule has 0 amide bonds. The van der Waals surface area contributed by atoms with Crippen LogP contribution in [0.5, 0.6) is 0 Å². The molecule has 1 aliphatic rings. The molecular weight excluding hydrogens is 220 g/mol. The van der Waals surface area contributed by atoms with Gasteiger partial charge in [-0.1, -0.05) is 44.0 Å². The van der Waals surface area contributed by atoms with Gasteiger partial charge in [0.15, 0.2) is 0 Å². The number of halogens is 2. The molecule has 0 bridgehead atoms. The molecule has 3 heteroatoms. The minimum absolute atomic E-state index is 0.106. The predicted octanol–water partition coefficient (Wildman–Crippen LogP) is 3.99. The van der Waals surface area contributed by atoms with Crippen LogP contribution in [0.1, 0.15) is 49.7 Å². The number of hydrogen-bond acceptors (Lipinski definition) is 1. The second kappa shape index (κ2) is 4.73. The van der Waals surface area contributed by atoms with Gasteiger partial charge in [-0.3, -0.25) is 5.73 Å². The Hall–Kier alpha value is -0.960. The minimum atomic E-state index is -3.22. The summed E-state index contributed by atoms with van der Waals surface area (Å²) in [7, 11) is 0. The molecule has 1 fully saturated rings. The Morgan fingerprint density at radius 2 is 1.59 bits per heavy atom. The lowest BCUT2D eigenvalue weighted by Crippen LogP contribution is -2.25. The van der Waals surface area contributed by atoms with Crippen LogP contribution in [0.15, 0.2) is 24.3 Å². The monoisotopic (exact) mass is 239 g/mol. The van der Waals surface area contributed by atoms with Crippen molar-refractivity contribution in [1.82, 2.24) is 0 Å². The van der Waals surface area contributed by atoms with Crippen LogP contribution < -0.4 is 5.73 Å². The second-order valence-corrected chi connectivity index (χ2v) is 5.20. The number of hydrogen-bond donors (Lipinski definition) is 1. The van der Waals surface area contributed by atoms with Gasteiger partial charge in [0.2, 0.25) is 0 Å². The highest BCUT2D eigenvalue weighted by atomic mass is 19.3. The van der Waals surface area contributed by atoms with Crippen molar-refractivity contribution in [2.75, 3.05) is 0 Å². The fraction of sp³-hybridized carbons (Fsp3) is 0.571. The molecule has 0 atom stereocenters. The third kappa shape index (κ3) is 3.03. The predicted molar refractivity (Wildman–Crippen MR) is 64.9 cm³/mol. The molecule has 0 aliphatic heterocycles. The van der Waals surface area contributed by atoms with Crippen LogP contribution in [0.25, 0.3) is 0 Å². The molecule has 94 valence electrons. The first-order chi connectivity index (χ1) is 7.97. The zero-order chi connectivity index (χ0) is 12.5. The van der Waals surface area contributed by atoms with Crippen LogP contribution in [-0.4, -0.2) is 0 Å². The molecule has 1 saturated carbocycles. The van der Waals surface area contributed by atoms with Crippen molar-refractivity contribution in [3.05, 3.63) is 35.4 Å². The topological polar surface area (TPSA) is 26.0 Å². The van der Waals surface area contributed by atoms with Crippen LogP contribution in [0.3, 0.4) is 0 Å². The molecule has 0 heterocycles. The van der Waals surface area contributed by atoms with Gasteiger partial charge in [-0.15, -0.1) is 0 Å². The van der Waals surface area contributed by atoms with Gasteiger partial charge in [0, 0.05) is 5.56 Å². The van der Waals surface area contributed by atoms with E-state index in [4.69, 9.17) is 5.73 Å². The van der Waals surface area contributed by atoms with Gasteiger partial charge in [-0.05, 0) is 30.2 Å². The van der Waals surface area contributed by atoms with Gasteiger partial charge in [0.05, 0.1) is 0 Å². The molecule has 0 radical (unpaired) electrons. The lowest BCUT2D eigenvalue weighted by molar-refractivity contribution is 0.00296. The van der Waals surface area contributed by atoms with Gasteiger partial charge in [-0.2, -0.15) is 8.78 Å². The number of nitrogens with two attached hydrogens (primary N) is 1. The maximum atomic E-state index is 12.9. The fourth-order valence-electron chi connectivity index (χ4n) is 2.57. The third-order valence-electron chi connectivity index (χ3n) is 3.78. The first-order valence-corrected chi connectivity index (χ1v) is 6.24. The second-order valence-electron chi connectivity index (χ2n) is 5.20. The Morgan fingerprint density at radius 1 is 1.06 bits per heavy atom. The van der Waals surface area contributed by atoms with E-state index in [-0.39, 0.29) is 5.56 Å². The maximum Gasteiger partial charge on any atom is 0.326 e. The van der Waals surface area contributed by atoms with Crippen molar-refractivity contribution in [2.45, 2.75) is 44.6 Å². The van der Waals surface area contributed by atoms with Crippen molar-refractivity contribution < 1.29 is 8.78 Å². The minimum Gasteiger partial charge on any atom is -0.268 e. The summed E-state index contributed by atoms with van der Waals surface area (Å²) in [6.07, 6.45) is 4.80. The Balaban J connectivity index is 2.08. The van der Waals surface area contributed by atoms with Crippen LogP contribution >= 0.6 is 0 Å². The summed E-state index contributed by atoms with van der Waals surface area (Å²) in [6.45, 7) is 2.27. The summed E-state index contributed by atoms with van der Waals surface area (Å²) in [6, 6.07) is 3.29. The third-order valence-corrected chi connectivity index (χ3v) is 3.78. The van der Waals surface area contributed by atoms with E-state index in [0.717, 1.165) is 5.92 Å². The van der Waals surface area contributed by atoms with E-state index >= 15 is 0 Å². The van der Waals surface area contributed by atoms with E-state index in [1.807, 2.05) is 0 Å². The van der Waals surface area contributed by atoms with Crippen LogP contribution in [0, 0.1) is 5.92 Å². The smallest absolute Gasteiger partial charge is 0.268 e. The van der Waals surface area contributed by atoms with Gasteiger partial charge >= 0.3 is 6.05 Å². The number of alkyl halides is 2. The molecule has 1 aliphatic carbocycles. The Bertz CT molecular complexity index is 359. The summed E-state index contributed by atoms with van der Waals surface area (Å²) in [5, 5.41) is 0. The molecule has 17 heavy (non-hydrogen) atoms. The van der Waals surface area contributed by atoms with Gasteiger partial charge < -0.3 is 0 Å².